The van der Waals surface area contributed by atoms with E-state index in [2.05, 4.69) is 5.32 Å². The number of carbonyl (C=O) groups excluding carboxylic acids is 2. The van der Waals surface area contributed by atoms with Gasteiger partial charge in [-0.05, 0) is 45.7 Å². The van der Waals surface area contributed by atoms with Gasteiger partial charge in [-0.3, -0.25) is 9.69 Å². The second kappa shape index (κ2) is 6.52. The van der Waals surface area contributed by atoms with E-state index in [1.807, 2.05) is 0 Å². The third-order valence-electron chi connectivity index (χ3n) is 3.37. The lowest BCUT2D eigenvalue weighted by Crippen LogP contribution is -2.45. The standard InChI is InChI=1S/C16H20F2N2O3/c1-16(2,3)23-15(22)20-8-4-5-13(20)14(21)19-10-6-7-11(17)12(18)9-10/h6-7,9,13H,4-5,8H2,1-3H3,(H,19,21). The summed E-state index contributed by atoms with van der Waals surface area (Å²) in [5.74, 6) is -2.48. The van der Waals surface area contributed by atoms with Crippen LogP contribution < -0.4 is 5.32 Å². The van der Waals surface area contributed by atoms with Crippen molar-refractivity contribution in [2.75, 3.05) is 11.9 Å². The fourth-order valence-corrected chi connectivity index (χ4v) is 2.38. The van der Waals surface area contributed by atoms with Crippen LogP contribution in [0.25, 0.3) is 0 Å². The molecule has 0 aliphatic carbocycles. The molecular formula is C16H20F2N2O3. The summed E-state index contributed by atoms with van der Waals surface area (Å²) in [4.78, 5) is 25.8. The van der Waals surface area contributed by atoms with Gasteiger partial charge in [0.2, 0.25) is 5.91 Å². The largest absolute Gasteiger partial charge is 0.444 e. The number of halogens is 2. The third-order valence-corrected chi connectivity index (χ3v) is 3.37. The first kappa shape index (κ1) is 17.2. The smallest absolute Gasteiger partial charge is 0.410 e. The lowest BCUT2D eigenvalue weighted by molar-refractivity contribution is -0.120. The average molecular weight is 326 g/mol. The number of ether oxygens (including phenoxy) is 1. The van der Waals surface area contributed by atoms with E-state index >= 15 is 0 Å². The lowest BCUT2D eigenvalue weighted by atomic mass is 10.2. The molecule has 1 aromatic carbocycles. The summed E-state index contributed by atoms with van der Waals surface area (Å²) in [5, 5.41) is 2.50. The van der Waals surface area contributed by atoms with Crippen molar-refractivity contribution in [3.05, 3.63) is 29.8 Å². The Morgan fingerprint density at radius 1 is 1.26 bits per heavy atom. The van der Waals surface area contributed by atoms with Crippen LogP contribution in [0.4, 0.5) is 19.3 Å². The zero-order chi connectivity index (χ0) is 17.2. The van der Waals surface area contributed by atoms with Crippen LogP contribution in [0.15, 0.2) is 18.2 Å². The fraction of sp³-hybridized carbons (Fsp3) is 0.500. The first-order chi connectivity index (χ1) is 10.7. The first-order valence-electron chi connectivity index (χ1n) is 7.43. The van der Waals surface area contributed by atoms with E-state index < -0.39 is 35.3 Å². The first-order valence-corrected chi connectivity index (χ1v) is 7.43. The Hall–Kier alpha value is -2.18. The van der Waals surface area contributed by atoms with E-state index in [9.17, 15) is 18.4 Å². The van der Waals surface area contributed by atoms with Gasteiger partial charge in [0, 0.05) is 18.3 Å². The maximum atomic E-state index is 13.2. The van der Waals surface area contributed by atoms with Gasteiger partial charge in [0.05, 0.1) is 0 Å². The monoisotopic (exact) mass is 326 g/mol. The highest BCUT2D eigenvalue weighted by Crippen LogP contribution is 2.22. The molecule has 126 valence electrons. The number of rotatable bonds is 2. The predicted octanol–water partition coefficient (Wildman–Crippen LogP) is 3.30. The molecule has 0 bridgehead atoms. The van der Waals surface area contributed by atoms with E-state index in [1.54, 1.807) is 20.8 Å². The topological polar surface area (TPSA) is 58.6 Å². The lowest BCUT2D eigenvalue weighted by Gasteiger charge is -2.28. The van der Waals surface area contributed by atoms with Gasteiger partial charge in [-0.1, -0.05) is 0 Å². The van der Waals surface area contributed by atoms with Crippen LogP contribution in [0.2, 0.25) is 0 Å². The highest BCUT2D eigenvalue weighted by atomic mass is 19.2. The Morgan fingerprint density at radius 3 is 2.57 bits per heavy atom. The van der Waals surface area contributed by atoms with Crippen molar-refractivity contribution in [2.24, 2.45) is 0 Å². The summed E-state index contributed by atoms with van der Waals surface area (Å²) in [5.41, 5.74) is -0.509. The zero-order valence-electron chi connectivity index (χ0n) is 13.4. The second-order valence-electron chi connectivity index (χ2n) is 6.45. The van der Waals surface area contributed by atoms with Gasteiger partial charge in [0.15, 0.2) is 11.6 Å². The number of benzene rings is 1. The minimum Gasteiger partial charge on any atom is -0.444 e. The molecule has 0 radical (unpaired) electrons. The number of hydrogen-bond donors (Lipinski definition) is 1. The van der Waals surface area contributed by atoms with E-state index in [1.165, 1.54) is 11.0 Å². The minimum atomic E-state index is -1.04. The van der Waals surface area contributed by atoms with Crippen LogP contribution in [0.5, 0.6) is 0 Å². The van der Waals surface area contributed by atoms with Crippen molar-refractivity contribution < 1.29 is 23.1 Å². The van der Waals surface area contributed by atoms with Gasteiger partial charge in [0.1, 0.15) is 11.6 Å². The van der Waals surface area contributed by atoms with Crippen LogP contribution >= 0.6 is 0 Å². The van der Waals surface area contributed by atoms with Crippen molar-refractivity contribution in [2.45, 2.75) is 45.3 Å². The normalized spacial score (nSPS) is 18.0. The van der Waals surface area contributed by atoms with Crippen LogP contribution in [-0.4, -0.2) is 35.1 Å². The fourth-order valence-electron chi connectivity index (χ4n) is 2.38. The summed E-state index contributed by atoms with van der Waals surface area (Å²) in [6.07, 6.45) is 0.615. The number of hydrogen-bond acceptors (Lipinski definition) is 3. The summed E-state index contributed by atoms with van der Waals surface area (Å²) in [6.45, 7) is 5.66. The molecule has 1 aromatic rings. The van der Waals surface area contributed by atoms with Crippen molar-refractivity contribution in [3.63, 3.8) is 0 Å². The molecule has 1 unspecified atom stereocenters. The number of carbonyl (C=O) groups is 2. The molecule has 0 spiro atoms. The highest BCUT2D eigenvalue weighted by molar-refractivity contribution is 5.96. The SMILES string of the molecule is CC(C)(C)OC(=O)N1CCCC1C(=O)Nc1ccc(F)c(F)c1. The van der Waals surface area contributed by atoms with Crippen LogP contribution in [0, 0.1) is 11.6 Å². The van der Waals surface area contributed by atoms with E-state index in [-0.39, 0.29) is 5.69 Å². The number of amides is 2. The second-order valence-corrected chi connectivity index (χ2v) is 6.45. The van der Waals surface area contributed by atoms with Crippen molar-refractivity contribution in [1.82, 2.24) is 4.90 Å². The molecule has 1 saturated heterocycles. The Labute approximate surface area is 133 Å². The van der Waals surface area contributed by atoms with Gasteiger partial charge in [-0.2, -0.15) is 0 Å². The molecule has 0 saturated carbocycles. The van der Waals surface area contributed by atoms with E-state index in [4.69, 9.17) is 4.74 Å². The average Bonchev–Trinajstić information content (AvgIpc) is 2.90. The molecule has 0 aromatic heterocycles. The number of anilines is 1. The van der Waals surface area contributed by atoms with Gasteiger partial charge >= 0.3 is 6.09 Å². The molecule has 1 N–H and O–H groups in total. The molecule has 1 fully saturated rings. The van der Waals surface area contributed by atoms with Crippen LogP contribution in [-0.2, 0) is 9.53 Å². The molecule has 1 atom stereocenters. The minimum absolute atomic E-state index is 0.143. The van der Waals surface area contributed by atoms with Gasteiger partial charge < -0.3 is 10.1 Å². The van der Waals surface area contributed by atoms with Gasteiger partial charge in [-0.25, -0.2) is 13.6 Å². The van der Waals surface area contributed by atoms with Gasteiger partial charge in [-0.15, -0.1) is 0 Å². The number of nitrogens with one attached hydrogen (secondary N) is 1. The van der Waals surface area contributed by atoms with Crippen molar-refractivity contribution in [1.29, 1.82) is 0 Å². The molecule has 1 heterocycles. The molecule has 1 aliphatic rings. The molecule has 2 rings (SSSR count). The maximum absolute atomic E-state index is 13.2. The molecular weight excluding hydrogens is 306 g/mol. The quantitative estimate of drug-likeness (QED) is 0.907. The number of likely N-dealkylation sites (tertiary alicyclic amines) is 1. The van der Waals surface area contributed by atoms with Crippen molar-refractivity contribution >= 4 is 17.7 Å². The highest BCUT2D eigenvalue weighted by Gasteiger charge is 2.36. The Balaban J connectivity index is 2.05. The Kier molecular flexibility index (Phi) is 4.87. The van der Waals surface area contributed by atoms with Crippen LogP contribution in [0.3, 0.4) is 0 Å². The molecule has 7 heteroatoms. The predicted molar refractivity (Wildman–Crippen MR) is 80.9 cm³/mol. The van der Waals surface area contributed by atoms with Crippen molar-refractivity contribution in [3.8, 4) is 0 Å². The Bertz CT molecular complexity index is 614. The summed E-state index contributed by atoms with van der Waals surface area (Å²) < 4.78 is 31.4. The van der Waals surface area contributed by atoms with Gasteiger partial charge in [0.25, 0.3) is 0 Å². The van der Waals surface area contributed by atoms with E-state index in [0.29, 0.717) is 19.4 Å². The maximum Gasteiger partial charge on any atom is 0.410 e. The Morgan fingerprint density at radius 2 is 1.96 bits per heavy atom. The molecule has 2 amide bonds. The van der Waals surface area contributed by atoms with E-state index in [0.717, 1.165) is 12.1 Å². The molecule has 1 aliphatic heterocycles. The van der Waals surface area contributed by atoms with Crippen LogP contribution in [0.1, 0.15) is 33.6 Å². The molecule has 5 nitrogen and oxygen atoms in total. The zero-order valence-corrected chi connectivity index (χ0v) is 13.4. The third kappa shape index (κ3) is 4.40. The molecule has 23 heavy (non-hydrogen) atoms. The number of nitrogens with zero attached hydrogens (tertiary/aromatic N) is 1. The summed E-state index contributed by atoms with van der Waals surface area (Å²) in [7, 11) is 0. The summed E-state index contributed by atoms with van der Waals surface area (Å²) in [6, 6.07) is 2.42. The summed E-state index contributed by atoms with van der Waals surface area (Å²) >= 11 is 0.